The van der Waals surface area contributed by atoms with Gasteiger partial charge in [0, 0.05) is 45.9 Å². The van der Waals surface area contributed by atoms with Crippen molar-refractivity contribution in [2.24, 2.45) is 4.99 Å². The minimum absolute atomic E-state index is 0.874. The average Bonchev–Trinajstić information content (AvgIpc) is 3.45. The maximum Gasteiger partial charge on any atom is 0.136 e. The Kier molecular flexibility index (Phi) is 4.36. The molecule has 0 aliphatic rings. The topological polar surface area (TPSA) is 30.4 Å². The van der Waals surface area contributed by atoms with Gasteiger partial charge in [0.1, 0.15) is 11.2 Å². The lowest BCUT2D eigenvalue weighted by Gasteiger charge is -2.16. The Labute approximate surface area is 202 Å². The van der Waals surface area contributed by atoms with Crippen LogP contribution in [0.4, 0.5) is 0 Å². The number of furan rings is 1. The summed E-state index contributed by atoms with van der Waals surface area (Å²) < 4.78 is 8.56. The Morgan fingerprint density at radius 3 is 1.97 bits per heavy atom. The Bertz CT molecular complexity index is 1870. The first-order valence-electron chi connectivity index (χ1n) is 11.8. The van der Waals surface area contributed by atoms with Gasteiger partial charge in [-0.15, -0.1) is 0 Å². The molecule has 0 unspecified atom stereocenters. The van der Waals surface area contributed by atoms with Crippen molar-refractivity contribution in [3.63, 3.8) is 0 Å². The van der Waals surface area contributed by atoms with Gasteiger partial charge in [-0.3, -0.25) is 4.99 Å². The molecular formula is C32H22N2O. The lowest BCUT2D eigenvalue weighted by molar-refractivity contribution is 0.669. The molecular weight excluding hydrogens is 428 g/mol. The largest absolute Gasteiger partial charge is 0.456 e. The standard InChI is InChI=1S/C32H22N2O/c1-33-20-26-21(18-19-31-32(26)25-13-5-9-17-30(25)35-31)22-10-2-6-14-27(22)34-28-15-7-3-11-23(28)24-12-4-8-16-29(24)34/h2-20H,1H3. The molecule has 0 radical (unpaired) electrons. The number of hydrogen-bond donors (Lipinski definition) is 0. The van der Waals surface area contributed by atoms with Crippen molar-refractivity contribution in [3.05, 3.63) is 115 Å². The molecule has 0 spiro atoms. The SMILES string of the molecule is CN=Cc1c(-c2ccccc2-n2c3ccccc3c3ccccc32)ccc2oc3ccccc3c12. The van der Waals surface area contributed by atoms with Crippen LogP contribution >= 0.6 is 0 Å². The third-order valence-corrected chi connectivity index (χ3v) is 6.86. The van der Waals surface area contributed by atoms with Crippen molar-refractivity contribution in [2.75, 3.05) is 7.05 Å². The zero-order valence-corrected chi connectivity index (χ0v) is 19.3. The van der Waals surface area contributed by atoms with Crippen LogP contribution in [0.1, 0.15) is 5.56 Å². The van der Waals surface area contributed by atoms with E-state index in [1.54, 1.807) is 0 Å². The number of fused-ring (bicyclic) bond motifs is 6. The summed E-state index contributed by atoms with van der Waals surface area (Å²) in [6.07, 6.45) is 1.96. The molecule has 35 heavy (non-hydrogen) atoms. The second-order valence-corrected chi connectivity index (χ2v) is 8.77. The van der Waals surface area contributed by atoms with Crippen molar-refractivity contribution in [2.45, 2.75) is 0 Å². The van der Waals surface area contributed by atoms with E-state index in [0.717, 1.165) is 44.3 Å². The first-order chi connectivity index (χ1) is 17.3. The van der Waals surface area contributed by atoms with Crippen molar-refractivity contribution in [1.29, 1.82) is 0 Å². The van der Waals surface area contributed by atoms with Crippen LogP contribution in [0.15, 0.2) is 119 Å². The second-order valence-electron chi connectivity index (χ2n) is 8.77. The van der Waals surface area contributed by atoms with Gasteiger partial charge >= 0.3 is 0 Å². The smallest absolute Gasteiger partial charge is 0.136 e. The van der Waals surface area contributed by atoms with Crippen LogP contribution in [0, 0.1) is 0 Å². The maximum atomic E-state index is 6.18. The highest BCUT2D eigenvalue weighted by atomic mass is 16.3. The molecule has 7 rings (SSSR count). The fourth-order valence-electron chi connectivity index (χ4n) is 5.42. The molecule has 0 fully saturated rings. The van der Waals surface area contributed by atoms with E-state index in [1.165, 1.54) is 21.8 Å². The van der Waals surface area contributed by atoms with E-state index >= 15 is 0 Å². The third-order valence-electron chi connectivity index (χ3n) is 6.86. The Balaban J connectivity index is 1.60. The number of aliphatic imine (C=N–C) groups is 1. The summed E-state index contributed by atoms with van der Waals surface area (Å²) in [6.45, 7) is 0. The summed E-state index contributed by atoms with van der Waals surface area (Å²) in [7, 11) is 1.82. The Morgan fingerprint density at radius 1 is 0.600 bits per heavy atom. The van der Waals surface area contributed by atoms with Gasteiger partial charge in [-0.1, -0.05) is 72.8 Å². The van der Waals surface area contributed by atoms with Gasteiger partial charge in [-0.25, -0.2) is 0 Å². The van der Waals surface area contributed by atoms with Crippen LogP contribution in [-0.2, 0) is 0 Å². The first-order valence-corrected chi connectivity index (χ1v) is 11.8. The lowest BCUT2D eigenvalue weighted by Crippen LogP contribution is -1.99. The summed E-state index contributed by atoms with van der Waals surface area (Å²) in [6, 6.07) is 38.3. The Morgan fingerprint density at radius 2 is 1.23 bits per heavy atom. The number of hydrogen-bond acceptors (Lipinski definition) is 2. The average molecular weight is 451 g/mol. The molecule has 0 amide bonds. The quantitative estimate of drug-likeness (QED) is 0.249. The summed E-state index contributed by atoms with van der Waals surface area (Å²) in [5.41, 5.74) is 8.66. The van der Waals surface area contributed by atoms with E-state index in [1.807, 2.05) is 25.4 Å². The number of nitrogens with zero attached hydrogens (tertiary/aromatic N) is 2. The molecule has 0 aliphatic heterocycles. The highest BCUT2D eigenvalue weighted by Gasteiger charge is 2.19. The van der Waals surface area contributed by atoms with E-state index in [2.05, 4.69) is 107 Å². The third kappa shape index (κ3) is 2.88. The molecule has 0 atom stereocenters. The van der Waals surface area contributed by atoms with Gasteiger partial charge in [-0.2, -0.15) is 0 Å². The fraction of sp³-hybridized carbons (Fsp3) is 0.0312. The van der Waals surface area contributed by atoms with E-state index in [9.17, 15) is 0 Å². The molecule has 0 saturated heterocycles. The molecule has 0 N–H and O–H groups in total. The van der Waals surface area contributed by atoms with Crippen LogP contribution < -0.4 is 0 Å². The molecule has 0 aliphatic carbocycles. The molecule has 3 nitrogen and oxygen atoms in total. The predicted molar refractivity (Wildman–Crippen MR) is 147 cm³/mol. The van der Waals surface area contributed by atoms with Crippen LogP contribution in [0.5, 0.6) is 0 Å². The van der Waals surface area contributed by atoms with Gasteiger partial charge in [0.2, 0.25) is 0 Å². The van der Waals surface area contributed by atoms with Gasteiger partial charge in [0.15, 0.2) is 0 Å². The molecule has 0 saturated carbocycles. The van der Waals surface area contributed by atoms with Crippen LogP contribution in [0.25, 0.3) is 60.6 Å². The van der Waals surface area contributed by atoms with E-state index in [-0.39, 0.29) is 0 Å². The zero-order chi connectivity index (χ0) is 23.4. The molecule has 166 valence electrons. The maximum absolute atomic E-state index is 6.18. The van der Waals surface area contributed by atoms with Gasteiger partial charge in [0.05, 0.1) is 16.7 Å². The molecule has 0 bridgehead atoms. The monoisotopic (exact) mass is 450 g/mol. The predicted octanol–water partition coefficient (Wildman–Crippen LogP) is 8.40. The Hall–Kier alpha value is -4.63. The van der Waals surface area contributed by atoms with E-state index < -0.39 is 0 Å². The van der Waals surface area contributed by atoms with Crippen LogP contribution in [-0.4, -0.2) is 17.8 Å². The summed E-state index contributed by atoms with van der Waals surface area (Å²) in [5.74, 6) is 0. The molecule has 7 aromatic rings. The summed E-state index contributed by atoms with van der Waals surface area (Å²) in [5, 5.41) is 4.71. The van der Waals surface area contributed by atoms with Crippen molar-refractivity contribution >= 4 is 50.0 Å². The second kappa shape index (κ2) is 7.71. The lowest BCUT2D eigenvalue weighted by atomic mass is 9.94. The van der Waals surface area contributed by atoms with Gasteiger partial charge in [0.25, 0.3) is 0 Å². The molecule has 2 aromatic heterocycles. The first kappa shape index (κ1) is 19.8. The number of aromatic nitrogens is 1. The number of para-hydroxylation sites is 4. The van der Waals surface area contributed by atoms with Crippen molar-refractivity contribution in [3.8, 4) is 16.8 Å². The number of rotatable bonds is 3. The van der Waals surface area contributed by atoms with E-state index in [0.29, 0.717) is 0 Å². The normalized spacial score (nSPS) is 12.0. The van der Waals surface area contributed by atoms with Gasteiger partial charge in [-0.05, 0) is 42.0 Å². The van der Waals surface area contributed by atoms with Crippen molar-refractivity contribution < 1.29 is 4.42 Å². The molecule has 3 heteroatoms. The highest BCUT2D eigenvalue weighted by Crippen LogP contribution is 2.40. The number of benzene rings is 5. The minimum atomic E-state index is 0.874. The molecule has 5 aromatic carbocycles. The molecule has 2 heterocycles. The van der Waals surface area contributed by atoms with Gasteiger partial charge < -0.3 is 8.98 Å². The van der Waals surface area contributed by atoms with E-state index in [4.69, 9.17) is 4.42 Å². The highest BCUT2D eigenvalue weighted by molar-refractivity contribution is 6.17. The zero-order valence-electron chi connectivity index (χ0n) is 19.3. The summed E-state index contributed by atoms with van der Waals surface area (Å²) >= 11 is 0. The minimum Gasteiger partial charge on any atom is -0.456 e. The summed E-state index contributed by atoms with van der Waals surface area (Å²) in [4.78, 5) is 4.45. The van der Waals surface area contributed by atoms with Crippen LogP contribution in [0.3, 0.4) is 0 Å². The van der Waals surface area contributed by atoms with Crippen LogP contribution in [0.2, 0.25) is 0 Å². The fourth-order valence-corrected chi connectivity index (χ4v) is 5.42. The van der Waals surface area contributed by atoms with Crippen molar-refractivity contribution in [1.82, 2.24) is 4.57 Å².